The van der Waals surface area contributed by atoms with E-state index in [1.54, 1.807) is 4.90 Å². The van der Waals surface area contributed by atoms with Crippen LogP contribution in [0.1, 0.15) is 47.5 Å². The summed E-state index contributed by atoms with van der Waals surface area (Å²) < 4.78 is 11.2. The van der Waals surface area contributed by atoms with Crippen molar-refractivity contribution in [2.45, 2.75) is 58.7 Å². The number of hydrogen-bond donors (Lipinski definition) is 1. The highest BCUT2D eigenvalue weighted by Crippen LogP contribution is 2.26. The monoisotopic (exact) mass is 300 g/mol. The van der Waals surface area contributed by atoms with E-state index in [9.17, 15) is 9.59 Å². The van der Waals surface area contributed by atoms with Gasteiger partial charge in [0.05, 0.1) is 18.8 Å². The fourth-order valence-corrected chi connectivity index (χ4v) is 2.21. The van der Waals surface area contributed by atoms with Crippen molar-refractivity contribution in [3.05, 3.63) is 0 Å². The molecule has 1 heterocycles. The van der Waals surface area contributed by atoms with Gasteiger partial charge in [0.25, 0.3) is 0 Å². The molecule has 6 heteroatoms. The fourth-order valence-electron chi connectivity index (χ4n) is 2.21. The fraction of sp³-hybridized carbons (Fsp3) is 0.867. The van der Waals surface area contributed by atoms with Crippen LogP contribution < -0.4 is 5.32 Å². The Morgan fingerprint density at radius 1 is 1.33 bits per heavy atom. The van der Waals surface area contributed by atoms with Crippen LogP contribution in [0.25, 0.3) is 0 Å². The van der Waals surface area contributed by atoms with E-state index in [-0.39, 0.29) is 12.0 Å². The molecular weight excluding hydrogens is 272 g/mol. The minimum atomic E-state index is -0.491. The number of nitrogens with zero attached hydrogens (tertiary/aromatic N) is 1. The third kappa shape index (κ3) is 6.33. The van der Waals surface area contributed by atoms with Gasteiger partial charge in [-0.2, -0.15) is 0 Å². The average molecular weight is 300 g/mol. The van der Waals surface area contributed by atoms with Crippen molar-refractivity contribution < 1.29 is 19.1 Å². The van der Waals surface area contributed by atoms with Crippen LogP contribution in [-0.2, 0) is 14.3 Å². The third-order valence-corrected chi connectivity index (χ3v) is 3.24. The van der Waals surface area contributed by atoms with E-state index in [0.29, 0.717) is 32.7 Å². The van der Waals surface area contributed by atoms with E-state index in [1.165, 1.54) is 0 Å². The smallest absolute Gasteiger partial charge is 0.410 e. The van der Waals surface area contributed by atoms with Crippen LogP contribution in [0.4, 0.5) is 4.79 Å². The highest BCUT2D eigenvalue weighted by molar-refractivity contribution is 5.75. The topological polar surface area (TPSA) is 67.9 Å². The molecule has 1 aliphatic rings. The lowest BCUT2D eigenvalue weighted by atomic mass is 10.1. The number of hydrogen-bond acceptors (Lipinski definition) is 4. The summed E-state index contributed by atoms with van der Waals surface area (Å²) in [5.41, 5.74) is -0.890. The van der Waals surface area contributed by atoms with Crippen molar-refractivity contribution in [3.63, 3.8) is 0 Å². The maximum Gasteiger partial charge on any atom is 0.410 e. The van der Waals surface area contributed by atoms with Crippen molar-refractivity contribution >= 4 is 12.0 Å². The standard InChI is InChI=1S/C15H28N2O4/c1-6-16-12(18)7-10-20-15(5)8-9-17(11-15)13(19)21-14(2,3)4/h6-11H2,1-5H3,(H,16,18). The normalized spacial score (nSPS) is 22.2. The molecule has 1 saturated heterocycles. The van der Waals surface area contributed by atoms with Gasteiger partial charge in [0.2, 0.25) is 5.91 Å². The SMILES string of the molecule is CCNC(=O)CCOC1(C)CCN(C(=O)OC(C)(C)C)C1. The van der Waals surface area contributed by atoms with Gasteiger partial charge in [0.15, 0.2) is 0 Å². The van der Waals surface area contributed by atoms with Crippen LogP contribution >= 0.6 is 0 Å². The molecule has 1 aliphatic heterocycles. The van der Waals surface area contributed by atoms with Gasteiger partial charge in [0, 0.05) is 19.5 Å². The summed E-state index contributed by atoms with van der Waals surface area (Å²) in [7, 11) is 0. The zero-order chi connectivity index (χ0) is 16.1. The average Bonchev–Trinajstić information content (AvgIpc) is 2.70. The highest BCUT2D eigenvalue weighted by atomic mass is 16.6. The Balaban J connectivity index is 2.37. The molecule has 122 valence electrons. The van der Waals surface area contributed by atoms with Crippen molar-refractivity contribution in [2.75, 3.05) is 26.2 Å². The summed E-state index contributed by atoms with van der Waals surface area (Å²) in [4.78, 5) is 25.0. The molecule has 0 aromatic rings. The minimum absolute atomic E-state index is 0.0110. The Morgan fingerprint density at radius 3 is 2.57 bits per heavy atom. The lowest BCUT2D eigenvalue weighted by Gasteiger charge is -2.27. The number of carbonyl (C=O) groups is 2. The quantitative estimate of drug-likeness (QED) is 0.842. The second-order valence-electron chi connectivity index (χ2n) is 6.65. The molecule has 2 amide bonds. The van der Waals surface area contributed by atoms with Gasteiger partial charge in [0.1, 0.15) is 5.60 Å². The maximum atomic E-state index is 12.0. The van der Waals surface area contributed by atoms with Gasteiger partial charge in [-0.15, -0.1) is 0 Å². The lowest BCUT2D eigenvalue weighted by Crippen LogP contribution is -2.39. The maximum absolute atomic E-state index is 12.0. The van der Waals surface area contributed by atoms with E-state index < -0.39 is 11.2 Å². The first-order valence-corrected chi connectivity index (χ1v) is 7.54. The Labute approximate surface area is 127 Å². The van der Waals surface area contributed by atoms with E-state index in [0.717, 1.165) is 6.42 Å². The molecule has 1 atom stereocenters. The second-order valence-corrected chi connectivity index (χ2v) is 6.65. The number of rotatable bonds is 5. The second kappa shape index (κ2) is 7.11. The molecule has 0 radical (unpaired) electrons. The van der Waals surface area contributed by atoms with E-state index >= 15 is 0 Å². The van der Waals surface area contributed by atoms with Crippen LogP contribution in [0.5, 0.6) is 0 Å². The summed E-state index contributed by atoms with van der Waals surface area (Å²) in [5, 5.41) is 2.73. The summed E-state index contributed by atoms with van der Waals surface area (Å²) in [5.74, 6) is -0.0110. The van der Waals surface area contributed by atoms with Gasteiger partial charge >= 0.3 is 6.09 Å². The Kier molecular flexibility index (Phi) is 6.01. The Hall–Kier alpha value is -1.30. The zero-order valence-corrected chi connectivity index (χ0v) is 13.8. The Morgan fingerprint density at radius 2 is 2.00 bits per heavy atom. The predicted octanol–water partition coefficient (Wildman–Crippen LogP) is 1.93. The van der Waals surface area contributed by atoms with Crippen LogP contribution in [0, 0.1) is 0 Å². The van der Waals surface area contributed by atoms with Gasteiger partial charge < -0.3 is 19.7 Å². The summed E-state index contributed by atoms with van der Waals surface area (Å²) >= 11 is 0. The number of amides is 2. The Bertz CT molecular complexity index is 378. The summed E-state index contributed by atoms with van der Waals surface area (Å²) in [6, 6.07) is 0. The molecule has 0 aromatic heterocycles. The van der Waals surface area contributed by atoms with Gasteiger partial charge in [-0.05, 0) is 41.0 Å². The largest absolute Gasteiger partial charge is 0.444 e. The van der Waals surface area contributed by atoms with Crippen LogP contribution in [-0.4, -0.2) is 54.3 Å². The van der Waals surface area contributed by atoms with Crippen LogP contribution in [0.3, 0.4) is 0 Å². The zero-order valence-electron chi connectivity index (χ0n) is 13.8. The van der Waals surface area contributed by atoms with Crippen molar-refractivity contribution in [2.24, 2.45) is 0 Å². The lowest BCUT2D eigenvalue weighted by molar-refractivity contribution is -0.123. The molecule has 21 heavy (non-hydrogen) atoms. The van der Waals surface area contributed by atoms with E-state index in [4.69, 9.17) is 9.47 Å². The molecule has 0 spiro atoms. The molecule has 0 aromatic carbocycles. The number of ether oxygens (including phenoxy) is 2. The number of carbonyl (C=O) groups excluding carboxylic acids is 2. The molecule has 1 fully saturated rings. The number of likely N-dealkylation sites (tertiary alicyclic amines) is 1. The highest BCUT2D eigenvalue weighted by Gasteiger charge is 2.38. The van der Waals surface area contributed by atoms with Crippen molar-refractivity contribution in [3.8, 4) is 0 Å². The molecule has 0 bridgehead atoms. The van der Waals surface area contributed by atoms with Gasteiger partial charge in [-0.3, -0.25) is 4.79 Å². The van der Waals surface area contributed by atoms with Crippen LogP contribution in [0.2, 0.25) is 0 Å². The van der Waals surface area contributed by atoms with Gasteiger partial charge in [-0.1, -0.05) is 0 Å². The molecule has 0 aliphatic carbocycles. The first-order chi connectivity index (χ1) is 9.65. The van der Waals surface area contributed by atoms with E-state index in [2.05, 4.69) is 5.32 Å². The molecular formula is C15H28N2O4. The first kappa shape index (κ1) is 17.8. The summed E-state index contributed by atoms with van der Waals surface area (Å²) in [6.45, 7) is 11.5. The van der Waals surface area contributed by atoms with Crippen LogP contribution in [0.15, 0.2) is 0 Å². The predicted molar refractivity (Wildman–Crippen MR) is 80.1 cm³/mol. The first-order valence-electron chi connectivity index (χ1n) is 7.54. The van der Waals surface area contributed by atoms with E-state index in [1.807, 2.05) is 34.6 Å². The number of nitrogens with one attached hydrogen (secondary N) is 1. The third-order valence-electron chi connectivity index (χ3n) is 3.24. The molecule has 1 unspecified atom stereocenters. The van der Waals surface area contributed by atoms with Crippen molar-refractivity contribution in [1.29, 1.82) is 0 Å². The summed E-state index contributed by atoms with van der Waals surface area (Å²) in [6.07, 6.45) is 0.788. The minimum Gasteiger partial charge on any atom is -0.444 e. The molecule has 1 N–H and O–H groups in total. The van der Waals surface area contributed by atoms with Crippen molar-refractivity contribution in [1.82, 2.24) is 10.2 Å². The molecule has 0 saturated carbocycles. The van der Waals surface area contributed by atoms with Gasteiger partial charge in [-0.25, -0.2) is 4.79 Å². The molecule has 6 nitrogen and oxygen atoms in total. The molecule has 1 rings (SSSR count).